The van der Waals surface area contributed by atoms with E-state index in [4.69, 9.17) is 0 Å². The summed E-state index contributed by atoms with van der Waals surface area (Å²) in [4.78, 5) is 28.6. The van der Waals surface area contributed by atoms with Gasteiger partial charge in [0, 0.05) is 38.0 Å². The van der Waals surface area contributed by atoms with E-state index in [1.165, 1.54) is 6.42 Å². The van der Waals surface area contributed by atoms with Crippen molar-refractivity contribution in [1.29, 1.82) is 0 Å². The van der Waals surface area contributed by atoms with Crippen LogP contribution in [0.3, 0.4) is 0 Å². The molecule has 2 saturated heterocycles. The van der Waals surface area contributed by atoms with Gasteiger partial charge in [-0.3, -0.25) is 9.59 Å². The van der Waals surface area contributed by atoms with Crippen LogP contribution in [0.25, 0.3) is 0 Å². The summed E-state index contributed by atoms with van der Waals surface area (Å²) >= 11 is 0. The van der Waals surface area contributed by atoms with Gasteiger partial charge in [-0.15, -0.1) is 0 Å². The third kappa shape index (κ3) is 3.74. The zero-order valence-electron chi connectivity index (χ0n) is 13.0. The molecular weight excluding hydrogens is 252 g/mol. The van der Waals surface area contributed by atoms with Crippen LogP contribution in [-0.4, -0.2) is 47.8 Å². The Labute approximate surface area is 122 Å². The van der Waals surface area contributed by atoms with Crippen molar-refractivity contribution in [3.8, 4) is 0 Å². The normalized spacial score (nSPS) is 20.3. The topological polar surface area (TPSA) is 40.6 Å². The molecule has 0 bridgehead atoms. The molecule has 2 rings (SSSR count). The predicted octanol–water partition coefficient (Wildman–Crippen LogP) is 2.43. The number of nitrogens with zero attached hydrogens (tertiary/aromatic N) is 2. The molecule has 0 unspecified atom stereocenters. The molecule has 0 aliphatic carbocycles. The van der Waals surface area contributed by atoms with Crippen molar-refractivity contribution in [3.05, 3.63) is 0 Å². The monoisotopic (exact) mass is 280 g/mol. The van der Waals surface area contributed by atoms with Crippen molar-refractivity contribution in [2.45, 2.75) is 58.8 Å². The number of amides is 2. The molecule has 2 heterocycles. The summed E-state index contributed by atoms with van der Waals surface area (Å²) in [6.07, 6.45) is 6.90. The predicted molar refractivity (Wildman–Crippen MR) is 79.3 cm³/mol. The molecule has 0 spiro atoms. The molecule has 114 valence electrons. The molecule has 4 heteroatoms. The van der Waals surface area contributed by atoms with E-state index in [0.717, 1.165) is 51.9 Å². The van der Waals surface area contributed by atoms with E-state index in [9.17, 15) is 9.59 Å². The van der Waals surface area contributed by atoms with E-state index in [-0.39, 0.29) is 11.8 Å². The molecule has 2 fully saturated rings. The highest BCUT2D eigenvalue weighted by Crippen LogP contribution is 2.28. The van der Waals surface area contributed by atoms with Gasteiger partial charge in [0.25, 0.3) is 0 Å². The minimum Gasteiger partial charge on any atom is -0.343 e. The summed E-state index contributed by atoms with van der Waals surface area (Å²) in [5.74, 6) is 0.452. The zero-order valence-corrected chi connectivity index (χ0v) is 13.0. The second-order valence-electron chi connectivity index (χ2n) is 6.82. The lowest BCUT2D eigenvalue weighted by Gasteiger charge is -2.31. The van der Waals surface area contributed by atoms with Crippen molar-refractivity contribution in [3.63, 3.8) is 0 Å². The average Bonchev–Trinajstić information content (AvgIpc) is 2.99. The first-order valence-corrected chi connectivity index (χ1v) is 8.08. The Morgan fingerprint density at radius 2 is 1.35 bits per heavy atom. The molecule has 0 aromatic carbocycles. The van der Waals surface area contributed by atoms with E-state index in [1.54, 1.807) is 0 Å². The zero-order chi connectivity index (χ0) is 14.6. The largest absolute Gasteiger partial charge is 0.343 e. The van der Waals surface area contributed by atoms with Crippen LogP contribution < -0.4 is 0 Å². The summed E-state index contributed by atoms with van der Waals surface area (Å²) in [7, 11) is 0. The third-order valence-electron chi connectivity index (χ3n) is 4.64. The first kappa shape index (κ1) is 15.3. The van der Waals surface area contributed by atoms with Crippen LogP contribution in [0.15, 0.2) is 0 Å². The van der Waals surface area contributed by atoms with Crippen molar-refractivity contribution in [1.82, 2.24) is 9.80 Å². The van der Waals surface area contributed by atoms with Crippen LogP contribution in [0.1, 0.15) is 58.8 Å². The van der Waals surface area contributed by atoms with Crippen molar-refractivity contribution < 1.29 is 9.59 Å². The van der Waals surface area contributed by atoms with Gasteiger partial charge in [-0.2, -0.15) is 0 Å². The van der Waals surface area contributed by atoms with Crippen LogP contribution in [0.5, 0.6) is 0 Å². The van der Waals surface area contributed by atoms with Crippen LogP contribution in [0, 0.1) is 5.41 Å². The van der Waals surface area contributed by atoms with E-state index < -0.39 is 5.41 Å². The molecule has 2 amide bonds. The minimum atomic E-state index is -0.407. The SMILES string of the molecule is CC(C)(CCC(=O)N1CCCCC1)C(=O)N1CCCC1. The molecule has 2 aliphatic rings. The maximum absolute atomic E-state index is 12.5. The molecule has 0 atom stereocenters. The molecule has 2 aliphatic heterocycles. The molecular formula is C16H28N2O2. The van der Waals surface area contributed by atoms with Gasteiger partial charge in [-0.25, -0.2) is 0 Å². The van der Waals surface area contributed by atoms with Crippen molar-refractivity contribution in [2.24, 2.45) is 5.41 Å². The second-order valence-corrected chi connectivity index (χ2v) is 6.82. The lowest BCUT2D eigenvalue weighted by molar-refractivity contribution is -0.140. The van der Waals surface area contributed by atoms with Gasteiger partial charge in [-0.05, 0) is 38.5 Å². The number of carbonyl (C=O) groups is 2. The van der Waals surface area contributed by atoms with Crippen LogP contribution in [0.2, 0.25) is 0 Å². The molecule has 20 heavy (non-hydrogen) atoms. The maximum Gasteiger partial charge on any atom is 0.228 e. The van der Waals surface area contributed by atoms with Gasteiger partial charge in [-0.1, -0.05) is 13.8 Å². The van der Waals surface area contributed by atoms with Gasteiger partial charge in [0.2, 0.25) is 11.8 Å². The summed E-state index contributed by atoms with van der Waals surface area (Å²) < 4.78 is 0. The Morgan fingerprint density at radius 1 is 0.850 bits per heavy atom. The highest BCUT2D eigenvalue weighted by Gasteiger charge is 2.34. The smallest absolute Gasteiger partial charge is 0.228 e. The molecule has 0 aromatic heterocycles. The Hall–Kier alpha value is -1.06. The van der Waals surface area contributed by atoms with Gasteiger partial charge in [0.05, 0.1) is 0 Å². The second kappa shape index (κ2) is 6.59. The fourth-order valence-electron chi connectivity index (χ4n) is 3.18. The Morgan fingerprint density at radius 3 is 1.95 bits per heavy atom. The fourth-order valence-corrected chi connectivity index (χ4v) is 3.18. The van der Waals surface area contributed by atoms with Crippen LogP contribution in [-0.2, 0) is 9.59 Å². The van der Waals surface area contributed by atoms with Gasteiger partial charge < -0.3 is 9.80 Å². The minimum absolute atomic E-state index is 0.224. The molecule has 0 saturated carbocycles. The van der Waals surface area contributed by atoms with E-state index >= 15 is 0 Å². The summed E-state index contributed by atoms with van der Waals surface area (Å²) in [5.41, 5.74) is -0.407. The van der Waals surface area contributed by atoms with Crippen molar-refractivity contribution >= 4 is 11.8 Å². The summed E-state index contributed by atoms with van der Waals surface area (Å²) in [6.45, 7) is 7.55. The fraction of sp³-hybridized carbons (Fsp3) is 0.875. The Kier molecular flexibility index (Phi) is 5.06. The highest BCUT2D eigenvalue weighted by atomic mass is 16.2. The quantitative estimate of drug-likeness (QED) is 0.793. The van der Waals surface area contributed by atoms with Crippen molar-refractivity contribution in [2.75, 3.05) is 26.2 Å². The molecule has 0 N–H and O–H groups in total. The number of hydrogen-bond acceptors (Lipinski definition) is 2. The maximum atomic E-state index is 12.5. The Balaban J connectivity index is 1.81. The average molecular weight is 280 g/mol. The standard InChI is InChI=1S/C16H28N2O2/c1-16(2,15(20)18-12-6-7-13-18)9-8-14(19)17-10-4-3-5-11-17/h3-13H2,1-2H3. The highest BCUT2D eigenvalue weighted by molar-refractivity contribution is 5.83. The first-order valence-electron chi connectivity index (χ1n) is 8.08. The number of carbonyl (C=O) groups excluding carboxylic acids is 2. The lowest BCUT2D eigenvalue weighted by atomic mass is 9.86. The third-order valence-corrected chi connectivity index (χ3v) is 4.64. The molecule has 0 aromatic rings. The number of rotatable bonds is 4. The number of piperidine rings is 1. The van der Waals surface area contributed by atoms with Gasteiger partial charge >= 0.3 is 0 Å². The van der Waals surface area contributed by atoms with Crippen LogP contribution in [0.4, 0.5) is 0 Å². The van der Waals surface area contributed by atoms with E-state index in [2.05, 4.69) is 0 Å². The molecule has 0 radical (unpaired) electrons. The van der Waals surface area contributed by atoms with Gasteiger partial charge in [0.15, 0.2) is 0 Å². The van der Waals surface area contributed by atoms with E-state index in [1.807, 2.05) is 23.6 Å². The summed E-state index contributed by atoms with van der Waals surface area (Å²) in [6, 6.07) is 0. The van der Waals surface area contributed by atoms with Gasteiger partial charge in [0.1, 0.15) is 0 Å². The first-order chi connectivity index (χ1) is 9.50. The number of likely N-dealkylation sites (tertiary alicyclic amines) is 2. The lowest BCUT2D eigenvalue weighted by Crippen LogP contribution is -2.41. The number of hydrogen-bond donors (Lipinski definition) is 0. The summed E-state index contributed by atoms with van der Waals surface area (Å²) in [5, 5.41) is 0. The van der Waals surface area contributed by atoms with Crippen LogP contribution >= 0.6 is 0 Å². The molecule has 4 nitrogen and oxygen atoms in total. The Bertz CT molecular complexity index is 353. The van der Waals surface area contributed by atoms with E-state index in [0.29, 0.717) is 12.8 Å².